The minimum atomic E-state index is -2.30. The molecule has 0 aromatic heterocycles. The molecule has 22 heavy (non-hydrogen) atoms. The highest BCUT2D eigenvalue weighted by atomic mass is 31.1. The number of ether oxygens (including phenoxy) is 3. The molecule has 0 aromatic rings. The van der Waals surface area contributed by atoms with Crippen LogP contribution in [-0.4, -0.2) is 43.7 Å². The first kappa shape index (κ1) is 20.4. The van der Waals surface area contributed by atoms with Crippen molar-refractivity contribution in [1.82, 2.24) is 0 Å². The maximum absolute atomic E-state index is 11.9. The van der Waals surface area contributed by atoms with Gasteiger partial charge in [0, 0.05) is 13.5 Å². The zero-order chi connectivity index (χ0) is 17.0. The van der Waals surface area contributed by atoms with E-state index in [1.807, 2.05) is 0 Å². The Hall–Kier alpha value is -1.56. The quantitative estimate of drug-likeness (QED) is 0.308. The summed E-state index contributed by atoms with van der Waals surface area (Å²) >= 11 is 0. The van der Waals surface area contributed by atoms with Crippen molar-refractivity contribution < 1.29 is 32.9 Å². The fraction of sp³-hybridized carbons (Fsp3) is 0.571. The van der Waals surface area contributed by atoms with Crippen LogP contribution in [0.5, 0.6) is 0 Å². The van der Waals surface area contributed by atoms with Crippen molar-refractivity contribution >= 4 is 20.0 Å². The van der Waals surface area contributed by atoms with Gasteiger partial charge >= 0.3 is 20.0 Å². The van der Waals surface area contributed by atoms with E-state index < -0.39 is 38.3 Å². The molecule has 3 atom stereocenters. The monoisotopic (exact) mass is 333 g/mol. The molecule has 0 rings (SSSR count). The van der Waals surface area contributed by atoms with Crippen molar-refractivity contribution in [3.05, 3.63) is 25.3 Å². The normalized spacial score (nSPS) is 13.6. The highest BCUT2D eigenvalue weighted by Gasteiger charge is 2.38. The number of hydrogen-bond donors (Lipinski definition) is 0. The van der Waals surface area contributed by atoms with Crippen molar-refractivity contribution in [1.29, 1.82) is 0 Å². The van der Waals surface area contributed by atoms with Crippen LogP contribution in [0.4, 0.5) is 0 Å². The zero-order valence-electron chi connectivity index (χ0n) is 12.9. The molecule has 0 saturated heterocycles. The Morgan fingerprint density at radius 3 is 2.32 bits per heavy atom. The third kappa shape index (κ3) is 8.67. The first-order chi connectivity index (χ1) is 10.5. The summed E-state index contributed by atoms with van der Waals surface area (Å²) in [6.07, 6.45) is 1.02. The minimum Gasteiger partial charge on any atom is -0.461 e. The SMILES string of the molecule is C=CCOC(=O)CC(O[P+](=O)C(C)OCC)C(=O)OCC=C. The Morgan fingerprint density at radius 1 is 1.18 bits per heavy atom. The van der Waals surface area contributed by atoms with Gasteiger partial charge < -0.3 is 14.2 Å². The van der Waals surface area contributed by atoms with Crippen LogP contribution in [0.25, 0.3) is 0 Å². The molecular formula is C14H22O7P+. The van der Waals surface area contributed by atoms with E-state index >= 15 is 0 Å². The Morgan fingerprint density at radius 2 is 1.77 bits per heavy atom. The summed E-state index contributed by atoms with van der Waals surface area (Å²) in [6, 6.07) is 0. The Balaban J connectivity index is 4.73. The number of rotatable bonds is 12. The molecule has 0 bridgehead atoms. The molecule has 0 heterocycles. The highest BCUT2D eigenvalue weighted by molar-refractivity contribution is 7.39. The molecular weight excluding hydrogens is 311 g/mol. The van der Waals surface area contributed by atoms with E-state index in [0.29, 0.717) is 6.61 Å². The van der Waals surface area contributed by atoms with Crippen molar-refractivity contribution in [2.45, 2.75) is 32.2 Å². The lowest BCUT2D eigenvalue weighted by molar-refractivity contribution is -0.157. The second-order valence-corrected chi connectivity index (χ2v) is 5.54. The van der Waals surface area contributed by atoms with Gasteiger partial charge in [-0.3, -0.25) is 4.79 Å². The van der Waals surface area contributed by atoms with Gasteiger partial charge in [-0.1, -0.05) is 25.3 Å². The van der Waals surface area contributed by atoms with Gasteiger partial charge in [-0.05, 0) is 11.5 Å². The Bertz CT molecular complexity index is 408. The van der Waals surface area contributed by atoms with Crippen LogP contribution < -0.4 is 0 Å². The van der Waals surface area contributed by atoms with E-state index in [-0.39, 0.29) is 13.2 Å². The maximum atomic E-state index is 11.9. The molecule has 3 unspecified atom stereocenters. The predicted molar refractivity (Wildman–Crippen MR) is 80.5 cm³/mol. The number of hydrogen-bond acceptors (Lipinski definition) is 7. The van der Waals surface area contributed by atoms with E-state index in [1.165, 1.54) is 12.2 Å². The summed E-state index contributed by atoms with van der Waals surface area (Å²) in [7, 11) is -2.30. The van der Waals surface area contributed by atoms with Gasteiger partial charge in [0.25, 0.3) is 5.85 Å². The fourth-order valence-electron chi connectivity index (χ4n) is 1.27. The van der Waals surface area contributed by atoms with E-state index in [0.717, 1.165) is 0 Å². The van der Waals surface area contributed by atoms with Crippen LogP contribution in [0, 0.1) is 0 Å². The summed E-state index contributed by atoms with van der Waals surface area (Å²) in [5.74, 6) is -2.21. The third-order valence-electron chi connectivity index (χ3n) is 2.26. The third-order valence-corrected chi connectivity index (χ3v) is 3.46. The first-order valence-corrected chi connectivity index (χ1v) is 7.99. The summed E-state index contributed by atoms with van der Waals surface area (Å²) in [5, 5.41) is 0. The molecule has 0 amide bonds. The zero-order valence-corrected chi connectivity index (χ0v) is 13.8. The summed E-state index contributed by atoms with van der Waals surface area (Å²) in [5.41, 5.74) is 0. The first-order valence-electron chi connectivity index (χ1n) is 6.75. The summed E-state index contributed by atoms with van der Waals surface area (Å²) in [6.45, 7) is 10.4. The Kier molecular flexibility index (Phi) is 11.2. The van der Waals surface area contributed by atoms with Crippen molar-refractivity contribution in [2.24, 2.45) is 0 Å². The van der Waals surface area contributed by atoms with Gasteiger partial charge in [0.15, 0.2) is 0 Å². The molecule has 0 aliphatic carbocycles. The van der Waals surface area contributed by atoms with Crippen molar-refractivity contribution in [3.63, 3.8) is 0 Å². The summed E-state index contributed by atoms with van der Waals surface area (Å²) < 4.78 is 31.8. The molecule has 0 aliphatic rings. The van der Waals surface area contributed by atoms with Gasteiger partial charge in [-0.25, -0.2) is 4.79 Å². The lowest BCUT2D eigenvalue weighted by Gasteiger charge is -2.11. The van der Waals surface area contributed by atoms with E-state index in [2.05, 4.69) is 13.2 Å². The van der Waals surface area contributed by atoms with Crippen molar-refractivity contribution in [2.75, 3.05) is 19.8 Å². The average molecular weight is 333 g/mol. The molecule has 0 aromatic carbocycles. The summed E-state index contributed by atoms with van der Waals surface area (Å²) in [4.78, 5) is 23.4. The van der Waals surface area contributed by atoms with E-state index in [9.17, 15) is 14.2 Å². The minimum absolute atomic E-state index is 0.00867. The van der Waals surface area contributed by atoms with Gasteiger partial charge in [0.1, 0.15) is 13.2 Å². The molecule has 0 aliphatic heterocycles. The largest absolute Gasteiger partial charge is 0.541 e. The smallest absolute Gasteiger partial charge is 0.461 e. The topological polar surface area (TPSA) is 88.1 Å². The standard InChI is InChI=1S/C14H22O7P/c1-5-8-19-13(15)10-12(14(16)20-9-6-2)21-22(17)11(4)18-7-3/h5-6,11-12H,1-2,7-10H2,3-4H3/q+1. The van der Waals surface area contributed by atoms with Gasteiger partial charge in [0.2, 0.25) is 6.10 Å². The molecule has 7 nitrogen and oxygen atoms in total. The van der Waals surface area contributed by atoms with Crippen LogP contribution in [0.2, 0.25) is 0 Å². The molecule has 0 radical (unpaired) electrons. The van der Waals surface area contributed by atoms with Crippen LogP contribution in [0.15, 0.2) is 25.3 Å². The molecule has 0 spiro atoms. The van der Waals surface area contributed by atoms with E-state index in [1.54, 1.807) is 13.8 Å². The average Bonchev–Trinajstić information content (AvgIpc) is 2.49. The second kappa shape index (κ2) is 12.0. The van der Waals surface area contributed by atoms with Crippen molar-refractivity contribution in [3.8, 4) is 0 Å². The predicted octanol–water partition coefficient (Wildman–Crippen LogP) is 2.35. The molecule has 124 valence electrons. The van der Waals surface area contributed by atoms with Crippen LogP contribution in [-0.2, 0) is 32.9 Å². The Labute approximate surface area is 131 Å². The lowest BCUT2D eigenvalue weighted by atomic mass is 10.2. The lowest BCUT2D eigenvalue weighted by Crippen LogP contribution is -2.29. The van der Waals surface area contributed by atoms with E-state index in [4.69, 9.17) is 18.7 Å². The molecule has 0 N–H and O–H groups in total. The fourth-order valence-corrected chi connectivity index (χ4v) is 2.13. The van der Waals surface area contributed by atoms with Gasteiger partial charge in [-0.2, -0.15) is 0 Å². The van der Waals surface area contributed by atoms with Gasteiger partial charge in [0.05, 0.1) is 6.42 Å². The second-order valence-electron chi connectivity index (χ2n) is 4.03. The van der Waals surface area contributed by atoms with Crippen LogP contribution in [0.1, 0.15) is 20.3 Å². The molecule has 0 fully saturated rings. The highest BCUT2D eigenvalue weighted by Crippen LogP contribution is 2.33. The maximum Gasteiger partial charge on any atom is 0.541 e. The number of esters is 2. The van der Waals surface area contributed by atoms with Crippen LogP contribution in [0.3, 0.4) is 0 Å². The molecule has 0 saturated carbocycles. The number of carbonyl (C=O) groups is 2. The van der Waals surface area contributed by atoms with Gasteiger partial charge in [-0.15, -0.1) is 4.52 Å². The number of carbonyl (C=O) groups excluding carboxylic acids is 2. The molecule has 8 heteroatoms. The van der Waals surface area contributed by atoms with Crippen LogP contribution >= 0.6 is 8.03 Å².